The third-order valence-electron chi connectivity index (χ3n) is 5.13. The fourth-order valence-corrected chi connectivity index (χ4v) is 3.89. The van der Waals surface area contributed by atoms with Gasteiger partial charge < -0.3 is 10.5 Å². The predicted molar refractivity (Wildman–Crippen MR) is 114 cm³/mol. The summed E-state index contributed by atoms with van der Waals surface area (Å²) in [6.07, 6.45) is 1.62. The normalized spacial score (nSPS) is 18.1. The van der Waals surface area contributed by atoms with E-state index in [9.17, 15) is 9.59 Å². The second-order valence-corrected chi connectivity index (χ2v) is 7.57. The number of likely N-dealkylation sites (tertiary alicyclic amines) is 1. The topological polar surface area (TPSA) is 84.7 Å². The van der Waals surface area contributed by atoms with Gasteiger partial charge in [0.15, 0.2) is 0 Å². The summed E-state index contributed by atoms with van der Waals surface area (Å²) in [5, 5.41) is 3.25. The van der Waals surface area contributed by atoms with Crippen LogP contribution in [0.2, 0.25) is 5.02 Å². The molecule has 7 heteroatoms. The lowest BCUT2D eigenvalue weighted by atomic mass is 10.00. The highest BCUT2D eigenvalue weighted by molar-refractivity contribution is 6.31. The minimum atomic E-state index is -0.653. The number of rotatable bonds is 6. The highest BCUT2D eigenvalue weighted by atomic mass is 35.5. The molecule has 2 amide bonds. The lowest BCUT2D eigenvalue weighted by Gasteiger charge is -2.36. The number of nitrogens with one attached hydrogen (secondary N) is 1. The smallest absolute Gasteiger partial charge is 0.411 e. The van der Waals surface area contributed by atoms with Crippen molar-refractivity contribution in [2.75, 3.05) is 18.4 Å². The molecule has 154 valence electrons. The first-order valence-corrected chi connectivity index (χ1v) is 10.2. The van der Waals surface area contributed by atoms with Gasteiger partial charge in [0, 0.05) is 17.3 Å². The maximum absolute atomic E-state index is 12.3. The van der Waals surface area contributed by atoms with Crippen molar-refractivity contribution in [3.63, 3.8) is 0 Å². The van der Waals surface area contributed by atoms with Crippen molar-refractivity contribution in [3.05, 3.63) is 64.7 Å². The number of carbonyl (C=O) groups is 2. The van der Waals surface area contributed by atoms with Gasteiger partial charge in [0.25, 0.3) is 0 Å². The molecule has 1 aliphatic rings. The van der Waals surface area contributed by atoms with Crippen LogP contribution in [0.3, 0.4) is 0 Å². The number of piperidine rings is 1. The van der Waals surface area contributed by atoms with Crippen LogP contribution in [0.15, 0.2) is 48.5 Å². The van der Waals surface area contributed by atoms with Crippen LogP contribution in [0, 0.1) is 0 Å². The average Bonchev–Trinajstić information content (AvgIpc) is 2.70. The number of anilines is 1. The van der Waals surface area contributed by atoms with Gasteiger partial charge in [0.1, 0.15) is 12.1 Å². The Morgan fingerprint density at radius 3 is 2.62 bits per heavy atom. The van der Waals surface area contributed by atoms with Gasteiger partial charge in [-0.1, -0.05) is 48.9 Å². The summed E-state index contributed by atoms with van der Waals surface area (Å²) in [7, 11) is 0. The second kappa shape index (κ2) is 9.76. The molecule has 0 bridgehead atoms. The Balaban J connectivity index is 1.63. The van der Waals surface area contributed by atoms with E-state index in [0.29, 0.717) is 29.4 Å². The van der Waals surface area contributed by atoms with Crippen LogP contribution < -0.4 is 11.1 Å². The fourth-order valence-electron chi connectivity index (χ4n) is 3.65. The lowest BCUT2D eigenvalue weighted by molar-refractivity contribution is -0.124. The molecule has 0 radical (unpaired) electrons. The minimum absolute atomic E-state index is 0.331. The Kier molecular flexibility index (Phi) is 7.12. The maximum Gasteiger partial charge on any atom is 0.411 e. The number of hydrogen-bond donors (Lipinski definition) is 2. The molecular weight excluding hydrogens is 390 g/mol. The highest BCUT2D eigenvalue weighted by Gasteiger charge is 2.33. The second-order valence-electron chi connectivity index (χ2n) is 7.17. The number of aryl methyl sites for hydroxylation is 1. The van der Waals surface area contributed by atoms with Crippen molar-refractivity contribution in [2.45, 2.75) is 38.3 Å². The summed E-state index contributed by atoms with van der Waals surface area (Å²) in [6.45, 7) is 3.17. The molecule has 0 aliphatic carbocycles. The molecule has 3 N–H and O–H groups in total. The zero-order valence-electron chi connectivity index (χ0n) is 16.4. The van der Waals surface area contributed by atoms with Crippen molar-refractivity contribution in [2.24, 2.45) is 5.73 Å². The summed E-state index contributed by atoms with van der Waals surface area (Å²) in [5.74, 6) is -0.473. The summed E-state index contributed by atoms with van der Waals surface area (Å²) in [6, 6.07) is 14.2. The molecular formula is C22H26ClN3O3. The molecule has 0 spiro atoms. The summed E-state index contributed by atoms with van der Waals surface area (Å²) in [5.41, 5.74) is 8.23. The third kappa shape index (κ3) is 5.49. The van der Waals surface area contributed by atoms with Crippen LogP contribution in [0.25, 0.3) is 0 Å². The molecule has 2 aromatic carbocycles. The van der Waals surface area contributed by atoms with Crippen molar-refractivity contribution in [3.8, 4) is 0 Å². The van der Waals surface area contributed by atoms with Gasteiger partial charge in [-0.15, -0.1) is 0 Å². The van der Waals surface area contributed by atoms with E-state index in [1.54, 1.807) is 12.1 Å². The lowest BCUT2D eigenvalue weighted by Crippen LogP contribution is -2.46. The van der Waals surface area contributed by atoms with Crippen LogP contribution in [0.5, 0.6) is 0 Å². The van der Waals surface area contributed by atoms with E-state index in [0.717, 1.165) is 19.3 Å². The molecule has 29 heavy (non-hydrogen) atoms. The van der Waals surface area contributed by atoms with E-state index < -0.39 is 18.0 Å². The van der Waals surface area contributed by atoms with E-state index in [2.05, 4.69) is 12.2 Å². The van der Waals surface area contributed by atoms with E-state index >= 15 is 0 Å². The molecule has 2 atom stereocenters. The first-order chi connectivity index (χ1) is 14.0. The van der Waals surface area contributed by atoms with E-state index in [4.69, 9.17) is 22.1 Å². The van der Waals surface area contributed by atoms with Crippen molar-refractivity contribution >= 4 is 29.3 Å². The zero-order valence-corrected chi connectivity index (χ0v) is 17.2. The van der Waals surface area contributed by atoms with Crippen LogP contribution in [0.1, 0.15) is 36.9 Å². The molecule has 1 fully saturated rings. The summed E-state index contributed by atoms with van der Waals surface area (Å²) >= 11 is 6.29. The monoisotopic (exact) mass is 415 g/mol. The van der Waals surface area contributed by atoms with Crippen LogP contribution in [0.4, 0.5) is 10.5 Å². The molecule has 1 aliphatic heterocycles. The Labute approximate surface area is 176 Å². The van der Waals surface area contributed by atoms with E-state index in [-0.39, 0.29) is 6.10 Å². The fraction of sp³-hybridized carbons (Fsp3) is 0.364. The predicted octanol–water partition coefficient (Wildman–Crippen LogP) is 4.14. The average molecular weight is 416 g/mol. The van der Waals surface area contributed by atoms with Gasteiger partial charge in [0.05, 0.1) is 0 Å². The van der Waals surface area contributed by atoms with Gasteiger partial charge in [-0.3, -0.25) is 15.0 Å². The Morgan fingerprint density at radius 1 is 1.24 bits per heavy atom. The van der Waals surface area contributed by atoms with E-state index in [1.807, 2.05) is 41.3 Å². The number of amides is 2. The number of nitrogens with zero attached hydrogens (tertiary/aromatic N) is 1. The summed E-state index contributed by atoms with van der Waals surface area (Å²) < 4.78 is 5.60. The number of benzene rings is 2. The van der Waals surface area contributed by atoms with Crippen LogP contribution in [-0.2, 0) is 16.0 Å². The summed E-state index contributed by atoms with van der Waals surface area (Å²) in [4.78, 5) is 26.4. The molecule has 2 aromatic rings. The van der Waals surface area contributed by atoms with Crippen LogP contribution in [-0.4, -0.2) is 36.1 Å². The number of primary amides is 1. The number of carbonyl (C=O) groups excluding carboxylic acids is 2. The molecule has 1 saturated heterocycles. The Morgan fingerprint density at radius 2 is 1.97 bits per heavy atom. The SMILES string of the molecule is CCc1ccc(NC(=O)O[C@@H]2CCCN(C(C(N)=O)c3ccccc3Cl)C2)cc1. The first-order valence-electron chi connectivity index (χ1n) is 9.82. The van der Waals surface area contributed by atoms with Crippen molar-refractivity contribution < 1.29 is 14.3 Å². The minimum Gasteiger partial charge on any atom is -0.445 e. The largest absolute Gasteiger partial charge is 0.445 e. The molecule has 0 aromatic heterocycles. The van der Waals surface area contributed by atoms with Gasteiger partial charge >= 0.3 is 6.09 Å². The number of nitrogens with two attached hydrogens (primary N) is 1. The molecule has 3 rings (SSSR count). The standard InChI is InChI=1S/C22H26ClN3O3/c1-2-15-9-11-16(12-10-15)25-22(28)29-17-6-5-13-26(14-17)20(21(24)27)18-7-3-4-8-19(18)23/h3-4,7-12,17,20H,2,5-6,13-14H2,1H3,(H2,24,27)(H,25,28)/t17-,20?/m1/s1. The molecule has 6 nitrogen and oxygen atoms in total. The van der Waals surface area contributed by atoms with Crippen molar-refractivity contribution in [1.82, 2.24) is 4.90 Å². The maximum atomic E-state index is 12.3. The molecule has 0 saturated carbocycles. The van der Waals surface area contributed by atoms with Crippen molar-refractivity contribution in [1.29, 1.82) is 0 Å². The first kappa shape index (κ1) is 21.1. The Bertz CT molecular complexity index is 857. The number of hydrogen-bond acceptors (Lipinski definition) is 4. The quantitative estimate of drug-likeness (QED) is 0.742. The van der Waals surface area contributed by atoms with E-state index in [1.165, 1.54) is 5.56 Å². The molecule has 1 heterocycles. The highest BCUT2D eigenvalue weighted by Crippen LogP contribution is 2.30. The van der Waals surface area contributed by atoms with Gasteiger partial charge in [-0.25, -0.2) is 4.79 Å². The Hall–Kier alpha value is -2.57. The van der Waals surface area contributed by atoms with Crippen LogP contribution >= 0.6 is 11.6 Å². The number of ether oxygens (including phenoxy) is 1. The van der Waals surface area contributed by atoms with Gasteiger partial charge in [0.2, 0.25) is 5.91 Å². The number of halogens is 1. The van der Waals surface area contributed by atoms with Gasteiger partial charge in [-0.2, -0.15) is 0 Å². The van der Waals surface area contributed by atoms with Gasteiger partial charge in [-0.05, 0) is 55.1 Å². The zero-order chi connectivity index (χ0) is 20.8. The third-order valence-corrected chi connectivity index (χ3v) is 5.47. The molecule has 1 unspecified atom stereocenters.